The average molecular weight is 252 g/mol. The van der Waals surface area contributed by atoms with Gasteiger partial charge >= 0.3 is 5.69 Å². The summed E-state index contributed by atoms with van der Waals surface area (Å²) in [7, 11) is 0. The van der Waals surface area contributed by atoms with E-state index in [1.807, 2.05) is 4.98 Å². The van der Waals surface area contributed by atoms with Crippen LogP contribution in [0.15, 0.2) is 46.8 Å². The van der Waals surface area contributed by atoms with Gasteiger partial charge in [-0.3, -0.25) is 14.3 Å². The fourth-order valence-corrected chi connectivity index (χ4v) is 1.80. The first-order chi connectivity index (χ1) is 8.40. The zero-order chi connectivity index (χ0) is 13.5. The molecule has 1 aliphatic rings. The highest BCUT2D eigenvalue weighted by atomic mass is 16.6. The predicted octanol–water partition coefficient (Wildman–Crippen LogP) is -1.14. The summed E-state index contributed by atoms with van der Waals surface area (Å²) in [6.07, 6.45) is -0.412. The topological polar surface area (TPSA) is 105 Å². The van der Waals surface area contributed by atoms with Gasteiger partial charge in [-0.15, -0.1) is 0 Å². The van der Waals surface area contributed by atoms with Crippen LogP contribution in [0.5, 0.6) is 0 Å². The van der Waals surface area contributed by atoms with Crippen LogP contribution < -0.4 is 11.2 Å². The minimum absolute atomic E-state index is 0.0829. The molecule has 0 bridgehead atoms. The van der Waals surface area contributed by atoms with E-state index in [1.54, 1.807) is 0 Å². The van der Waals surface area contributed by atoms with Gasteiger partial charge in [-0.1, -0.05) is 19.2 Å². The number of nitrogens with zero attached hydrogens (tertiary/aromatic N) is 1. The maximum Gasteiger partial charge on any atom is 0.331 e. The Balaban J connectivity index is 2.57. The van der Waals surface area contributed by atoms with Gasteiger partial charge in [0, 0.05) is 12.3 Å². The molecule has 0 saturated carbocycles. The second-order valence-corrected chi connectivity index (χ2v) is 3.95. The van der Waals surface area contributed by atoms with Crippen LogP contribution in [0.25, 0.3) is 0 Å². The Morgan fingerprint density at radius 3 is 2.78 bits per heavy atom. The third kappa shape index (κ3) is 1.60. The molecule has 1 saturated heterocycles. The molecule has 0 spiro atoms. The molecular formula is C11H12N2O5. The van der Waals surface area contributed by atoms with E-state index in [9.17, 15) is 19.8 Å². The van der Waals surface area contributed by atoms with Crippen LogP contribution >= 0.6 is 0 Å². The van der Waals surface area contributed by atoms with Crippen molar-refractivity contribution in [3.63, 3.8) is 0 Å². The van der Waals surface area contributed by atoms with Gasteiger partial charge in [-0.05, 0) is 0 Å². The van der Waals surface area contributed by atoms with Crippen LogP contribution in [0.1, 0.15) is 6.23 Å². The number of hydrogen-bond donors (Lipinski definition) is 3. The fourth-order valence-electron chi connectivity index (χ4n) is 1.80. The zero-order valence-electron chi connectivity index (χ0n) is 9.37. The molecule has 1 aromatic heterocycles. The van der Waals surface area contributed by atoms with Crippen molar-refractivity contribution < 1.29 is 14.9 Å². The van der Waals surface area contributed by atoms with E-state index in [1.165, 1.54) is 0 Å². The summed E-state index contributed by atoms with van der Waals surface area (Å²) in [6.45, 7) is 6.84. The molecule has 18 heavy (non-hydrogen) atoms. The van der Waals surface area contributed by atoms with Crippen molar-refractivity contribution in [1.82, 2.24) is 9.55 Å². The van der Waals surface area contributed by atoms with Gasteiger partial charge in [0.05, 0.1) is 0 Å². The standard InChI is InChI=1S/C11H12N2O5/c1-3-11(17)8(15)6(2)18-9(11)13-5-4-7(14)12-10(13)16/h3-5,8-9,15,17H,1-2H2,(H,12,14,16)/t8-,9-,11-/m1/s1. The first kappa shape index (κ1) is 12.3. The lowest BCUT2D eigenvalue weighted by Gasteiger charge is -2.26. The monoisotopic (exact) mass is 252 g/mol. The van der Waals surface area contributed by atoms with Crippen LogP contribution in [-0.4, -0.2) is 31.5 Å². The highest BCUT2D eigenvalue weighted by molar-refractivity contribution is 5.19. The lowest BCUT2D eigenvalue weighted by molar-refractivity contribution is -0.0734. The number of aliphatic hydroxyl groups is 2. The Kier molecular flexibility index (Phi) is 2.72. The number of nitrogens with one attached hydrogen (secondary N) is 1. The van der Waals surface area contributed by atoms with Crippen molar-refractivity contribution in [3.8, 4) is 0 Å². The Bertz CT molecular complexity index is 616. The third-order valence-corrected chi connectivity index (χ3v) is 2.83. The summed E-state index contributed by atoms with van der Waals surface area (Å²) < 4.78 is 6.11. The fraction of sp³-hybridized carbons (Fsp3) is 0.273. The molecule has 3 atom stereocenters. The van der Waals surface area contributed by atoms with Crippen LogP contribution in [0, 0.1) is 0 Å². The van der Waals surface area contributed by atoms with Gasteiger partial charge in [-0.2, -0.15) is 0 Å². The van der Waals surface area contributed by atoms with E-state index >= 15 is 0 Å². The van der Waals surface area contributed by atoms with Gasteiger partial charge in [0.1, 0.15) is 11.9 Å². The normalized spacial score (nSPS) is 31.1. The van der Waals surface area contributed by atoms with Crippen molar-refractivity contribution in [3.05, 3.63) is 58.1 Å². The molecule has 0 aromatic carbocycles. The van der Waals surface area contributed by atoms with Crippen molar-refractivity contribution in [1.29, 1.82) is 0 Å². The number of aliphatic hydroxyl groups excluding tert-OH is 1. The summed E-state index contributed by atoms with van der Waals surface area (Å²) in [5.41, 5.74) is -3.23. The Labute approximate surface area is 101 Å². The molecule has 96 valence electrons. The maximum absolute atomic E-state index is 11.6. The van der Waals surface area contributed by atoms with Gasteiger partial charge in [0.25, 0.3) is 5.56 Å². The Morgan fingerprint density at radius 2 is 2.22 bits per heavy atom. The smallest absolute Gasteiger partial charge is 0.331 e. The largest absolute Gasteiger partial charge is 0.468 e. The molecule has 0 unspecified atom stereocenters. The molecule has 1 aromatic rings. The van der Waals surface area contributed by atoms with Gasteiger partial charge in [0.15, 0.2) is 5.60 Å². The quantitative estimate of drug-likeness (QED) is 0.577. The first-order valence-corrected chi connectivity index (χ1v) is 5.11. The molecule has 0 radical (unpaired) electrons. The highest BCUT2D eigenvalue weighted by Gasteiger charge is 2.52. The molecule has 0 amide bonds. The van der Waals surface area contributed by atoms with Crippen molar-refractivity contribution >= 4 is 0 Å². The van der Waals surface area contributed by atoms with E-state index in [2.05, 4.69) is 13.2 Å². The molecule has 7 heteroatoms. The molecule has 7 nitrogen and oxygen atoms in total. The molecule has 1 fully saturated rings. The van der Waals surface area contributed by atoms with Crippen LogP contribution in [0.3, 0.4) is 0 Å². The van der Waals surface area contributed by atoms with E-state index in [0.717, 1.165) is 22.9 Å². The predicted molar refractivity (Wildman–Crippen MR) is 61.7 cm³/mol. The van der Waals surface area contributed by atoms with Gasteiger partial charge in [0.2, 0.25) is 6.23 Å². The minimum Gasteiger partial charge on any atom is -0.468 e. The lowest BCUT2D eigenvalue weighted by Crippen LogP contribution is -2.46. The van der Waals surface area contributed by atoms with E-state index in [0.29, 0.717) is 0 Å². The van der Waals surface area contributed by atoms with E-state index < -0.39 is 29.2 Å². The maximum atomic E-state index is 11.6. The second kappa shape index (κ2) is 3.97. The summed E-state index contributed by atoms with van der Waals surface area (Å²) in [5.74, 6) is -0.0829. The van der Waals surface area contributed by atoms with Crippen molar-refractivity contribution in [2.24, 2.45) is 0 Å². The first-order valence-electron chi connectivity index (χ1n) is 5.11. The summed E-state index contributed by atoms with van der Waals surface area (Å²) >= 11 is 0. The zero-order valence-corrected chi connectivity index (χ0v) is 9.37. The van der Waals surface area contributed by atoms with Crippen molar-refractivity contribution in [2.75, 3.05) is 0 Å². The molecule has 0 aliphatic carbocycles. The molecular weight excluding hydrogens is 240 g/mol. The second-order valence-electron chi connectivity index (χ2n) is 3.95. The molecule has 1 aliphatic heterocycles. The number of aromatic amines is 1. The average Bonchev–Trinajstić information content (AvgIpc) is 2.55. The minimum atomic E-state index is -1.89. The molecule has 2 rings (SSSR count). The number of aromatic nitrogens is 2. The number of hydrogen-bond acceptors (Lipinski definition) is 5. The Morgan fingerprint density at radius 1 is 1.56 bits per heavy atom. The number of rotatable bonds is 2. The third-order valence-electron chi connectivity index (χ3n) is 2.83. The SMILES string of the molecule is C=C[C@@]1(O)[C@H](O)C(=C)O[C@H]1n1ccc(=O)[nH]c1=O. The van der Waals surface area contributed by atoms with Gasteiger partial charge in [-0.25, -0.2) is 4.79 Å². The molecule has 3 N–H and O–H groups in total. The van der Waals surface area contributed by atoms with Crippen LogP contribution in [0.2, 0.25) is 0 Å². The van der Waals surface area contributed by atoms with E-state index in [4.69, 9.17) is 4.74 Å². The van der Waals surface area contributed by atoms with E-state index in [-0.39, 0.29) is 5.76 Å². The lowest BCUT2D eigenvalue weighted by atomic mass is 9.96. The van der Waals surface area contributed by atoms with Crippen LogP contribution in [0.4, 0.5) is 0 Å². The van der Waals surface area contributed by atoms with Crippen molar-refractivity contribution in [2.45, 2.75) is 17.9 Å². The van der Waals surface area contributed by atoms with Crippen LogP contribution in [-0.2, 0) is 4.74 Å². The summed E-state index contributed by atoms with van der Waals surface area (Å²) in [5, 5.41) is 20.0. The molecule has 2 heterocycles. The number of H-pyrrole nitrogens is 1. The Hall–Kier alpha value is -2.12. The number of ether oxygens (including phenoxy) is 1. The summed E-state index contributed by atoms with van der Waals surface area (Å²) in [6, 6.07) is 1.10. The highest BCUT2D eigenvalue weighted by Crippen LogP contribution is 2.39. The van der Waals surface area contributed by atoms with Gasteiger partial charge < -0.3 is 14.9 Å². The summed E-state index contributed by atoms with van der Waals surface area (Å²) in [4.78, 5) is 24.6.